The quantitative estimate of drug-likeness (QED) is 0.713. The van der Waals surface area contributed by atoms with Gasteiger partial charge in [-0.2, -0.15) is 0 Å². The lowest BCUT2D eigenvalue weighted by atomic mass is 9.46. The van der Waals surface area contributed by atoms with Crippen LogP contribution in [0, 0.1) is 29.1 Å². The van der Waals surface area contributed by atoms with Gasteiger partial charge in [-0.1, -0.05) is 0 Å². The Morgan fingerprint density at radius 1 is 0.947 bits per heavy atom. The van der Waals surface area contributed by atoms with Crippen LogP contribution in [-0.4, -0.2) is 28.2 Å². The van der Waals surface area contributed by atoms with Gasteiger partial charge in [0, 0.05) is 0 Å². The number of nitrogens with two attached hydrogens (primary N) is 1. The first kappa shape index (κ1) is 12.9. The van der Waals surface area contributed by atoms with Crippen LogP contribution in [0.5, 0.6) is 0 Å². The van der Waals surface area contributed by atoms with Crippen LogP contribution in [0.1, 0.15) is 38.5 Å². The average Bonchev–Trinajstić information content (AvgIpc) is 2.25. The van der Waals surface area contributed by atoms with E-state index in [1.807, 2.05) is 0 Å². The third-order valence-corrected chi connectivity index (χ3v) is 5.66. The van der Waals surface area contributed by atoms with Gasteiger partial charge in [0.05, 0.1) is 5.92 Å². The summed E-state index contributed by atoms with van der Waals surface area (Å²) in [6.45, 7) is 0. The maximum atomic E-state index is 11.6. The van der Waals surface area contributed by atoms with Gasteiger partial charge in [0.1, 0.15) is 6.04 Å². The predicted octanol–water partition coefficient (Wildman–Crippen LogP) is 1.32. The van der Waals surface area contributed by atoms with Crippen molar-refractivity contribution < 1.29 is 19.8 Å². The molecule has 4 saturated carbocycles. The molecule has 5 heteroatoms. The summed E-state index contributed by atoms with van der Waals surface area (Å²) in [5, 5.41) is 18.6. The maximum absolute atomic E-state index is 11.6. The Bertz CT molecular complexity index is 384. The van der Waals surface area contributed by atoms with E-state index >= 15 is 0 Å². The van der Waals surface area contributed by atoms with Crippen LogP contribution in [-0.2, 0) is 9.59 Å². The van der Waals surface area contributed by atoms with Gasteiger partial charge in [-0.05, 0) is 61.7 Å². The Labute approximate surface area is 112 Å². The molecule has 4 fully saturated rings. The van der Waals surface area contributed by atoms with Gasteiger partial charge in [0.25, 0.3) is 0 Å². The molecule has 0 spiro atoms. The van der Waals surface area contributed by atoms with Gasteiger partial charge in [0.15, 0.2) is 0 Å². The molecule has 0 aromatic heterocycles. The molecule has 2 atom stereocenters. The first-order valence-corrected chi connectivity index (χ1v) is 7.12. The smallest absolute Gasteiger partial charge is 0.321 e. The summed E-state index contributed by atoms with van der Waals surface area (Å²) in [5.74, 6) is -1.38. The molecule has 106 valence electrons. The Morgan fingerprint density at radius 2 is 1.37 bits per heavy atom. The molecular formula is C14H21NO4. The minimum absolute atomic E-state index is 0.363. The second-order valence-corrected chi connectivity index (χ2v) is 6.96. The number of hydrogen-bond donors (Lipinski definition) is 3. The Kier molecular flexibility index (Phi) is 2.85. The second-order valence-electron chi connectivity index (χ2n) is 6.96. The van der Waals surface area contributed by atoms with Crippen molar-refractivity contribution in [3.8, 4) is 0 Å². The fourth-order valence-corrected chi connectivity index (χ4v) is 5.50. The molecule has 4 N–H and O–H groups in total. The SMILES string of the molecule is N[C@H](C(=O)O)C(C(=O)O)C12CC3CC(CC(C3)C1)C2. The van der Waals surface area contributed by atoms with Crippen molar-refractivity contribution in [1.29, 1.82) is 0 Å². The largest absolute Gasteiger partial charge is 0.481 e. The van der Waals surface area contributed by atoms with E-state index in [0.29, 0.717) is 17.8 Å². The van der Waals surface area contributed by atoms with Gasteiger partial charge in [-0.15, -0.1) is 0 Å². The molecule has 0 amide bonds. The second kappa shape index (κ2) is 4.20. The summed E-state index contributed by atoms with van der Waals surface area (Å²) in [6.07, 6.45) is 6.18. The van der Waals surface area contributed by atoms with Crippen LogP contribution in [0.15, 0.2) is 0 Å². The summed E-state index contributed by atoms with van der Waals surface area (Å²) in [7, 11) is 0. The van der Waals surface area contributed by atoms with E-state index in [4.69, 9.17) is 10.8 Å². The normalized spacial score (nSPS) is 42.9. The van der Waals surface area contributed by atoms with E-state index < -0.39 is 23.9 Å². The van der Waals surface area contributed by atoms with Crippen LogP contribution >= 0.6 is 0 Å². The molecule has 0 heterocycles. The summed E-state index contributed by atoms with van der Waals surface area (Å²) >= 11 is 0. The average molecular weight is 267 g/mol. The van der Waals surface area contributed by atoms with Crippen molar-refractivity contribution in [1.82, 2.24) is 0 Å². The van der Waals surface area contributed by atoms with E-state index in [1.54, 1.807) is 0 Å². The molecule has 0 aromatic carbocycles. The lowest BCUT2D eigenvalue weighted by molar-refractivity contribution is -0.166. The molecule has 5 nitrogen and oxygen atoms in total. The molecule has 0 aliphatic heterocycles. The van der Waals surface area contributed by atoms with Crippen LogP contribution in [0.2, 0.25) is 0 Å². The molecule has 4 rings (SSSR count). The molecule has 4 aliphatic carbocycles. The van der Waals surface area contributed by atoms with E-state index in [9.17, 15) is 14.7 Å². The standard InChI is InChI=1S/C14H21NO4/c15-11(13(18)19)10(12(16)17)14-4-7-1-8(5-14)3-9(2-7)6-14/h7-11H,1-6,15H2,(H,16,17)(H,18,19)/t7?,8?,9?,10?,11-,14?/m0/s1. The highest BCUT2D eigenvalue weighted by Gasteiger charge is 2.58. The molecule has 4 bridgehead atoms. The first-order chi connectivity index (χ1) is 8.91. The van der Waals surface area contributed by atoms with Crippen LogP contribution in [0.3, 0.4) is 0 Å². The van der Waals surface area contributed by atoms with Crippen LogP contribution in [0.4, 0.5) is 0 Å². The van der Waals surface area contributed by atoms with Crippen molar-refractivity contribution in [2.45, 2.75) is 44.6 Å². The summed E-state index contributed by atoms with van der Waals surface area (Å²) in [6, 6.07) is -1.28. The zero-order valence-electron chi connectivity index (χ0n) is 10.9. The minimum atomic E-state index is -1.28. The highest BCUT2D eigenvalue weighted by molar-refractivity contribution is 5.83. The summed E-state index contributed by atoms with van der Waals surface area (Å²) < 4.78 is 0. The molecule has 19 heavy (non-hydrogen) atoms. The predicted molar refractivity (Wildman–Crippen MR) is 67.3 cm³/mol. The topological polar surface area (TPSA) is 101 Å². The van der Waals surface area contributed by atoms with Crippen molar-refractivity contribution in [3.05, 3.63) is 0 Å². The van der Waals surface area contributed by atoms with Gasteiger partial charge in [-0.3, -0.25) is 9.59 Å². The highest BCUT2D eigenvalue weighted by Crippen LogP contribution is 2.63. The zero-order valence-corrected chi connectivity index (χ0v) is 10.9. The van der Waals surface area contributed by atoms with E-state index in [0.717, 1.165) is 19.3 Å². The number of aliphatic carboxylic acids is 2. The molecular weight excluding hydrogens is 246 g/mol. The van der Waals surface area contributed by atoms with Crippen molar-refractivity contribution >= 4 is 11.9 Å². The Morgan fingerprint density at radius 3 is 1.68 bits per heavy atom. The molecule has 1 unspecified atom stereocenters. The minimum Gasteiger partial charge on any atom is -0.481 e. The fourth-order valence-electron chi connectivity index (χ4n) is 5.50. The van der Waals surface area contributed by atoms with Gasteiger partial charge < -0.3 is 15.9 Å². The van der Waals surface area contributed by atoms with E-state index in [1.165, 1.54) is 19.3 Å². The number of carboxylic acids is 2. The van der Waals surface area contributed by atoms with E-state index in [2.05, 4.69) is 0 Å². The number of hydrogen-bond acceptors (Lipinski definition) is 3. The monoisotopic (exact) mass is 267 g/mol. The molecule has 0 radical (unpaired) electrons. The van der Waals surface area contributed by atoms with Crippen molar-refractivity contribution in [2.24, 2.45) is 34.8 Å². The van der Waals surface area contributed by atoms with Crippen LogP contribution < -0.4 is 5.73 Å². The van der Waals surface area contributed by atoms with Crippen molar-refractivity contribution in [2.75, 3.05) is 0 Å². The molecule has 0 saturated heterocycles. The van der Waals surface area contributed by atoms with Gasteiger partial charge in [0.2, 0.25) is 0 Å². The Balaban J connectivity index is 1.93. The lowest BCUT2D eigenvalue weighted by Gasteiger charge is -2.59. The third-order valence-electron chi connectivity index (χ3n) is 5.66. The Hall–Kier alpha value is -1.10. The lowest BCUT2D eigenvalue weighted by Crippen LogP contribution is -2.57. The highest BCUT2D eigenvalue weighted by atomic mass is 16.4. The number of carbonyl (C=O) groups is 2. The summed E-state index contributed by atoms with van der Waals surface area (Å²) in [4.78, 5) is 22.8. The summed E-state index contributed by atoms with van der Waals surface area (Å²) in [5.41, 5.74) is 5.34. The maximum Gasteiger partial charge on any atom is 0.321 e. The molecule has 0 aromatic rings. The van der Waals surface area contributed by atoms with Gasteiger partial charge in [-0.25, -0.2) is 0 Å². The number of carboxylic acid groups (broad SMARTS) is 2. The first-order valence-electron chi connectivity index (χ1n) is 7.12. The van der Waals surface area contributed by atoms with E-state index in [-0.39, 0.29) is 5.41 Å². The van der Waals surface area contributed by atoms with Crippen LogP contribution in [0.25, 0.3) is 0 Å². The molecule has 4 aliphatic rings. The van der Waals surface area contributed by atoms with Gasteiger partial charge >= 0.3 is 11.9 Å². The zero-order chi connectivity index (χ0) is 13.8. The van der Waals surface area contributed by atoms with Crippen molar-refractivity contribution in [3.63, 3.8) is 0 Å². The number of rotatable bonds is 4. The fraction of sp³-hybridized carbons (Fsp3) is 0.857. The third kappa shape index (κ3) is 1.95.